The van der Waals surface area contributed by atoms with Gasteiger partial charge in [0.25, 0.3) is 0 Å². The highest BCUT2D eigenvalue weighted by molar-refractivity contribution is 5.99. The van der Waals surface area contributed by atoms with E-state index >= 15 is 0 Å². The van der Waals surface area contributed by atoms with Crippen LogP contribution in [-0.4, -0.2) is 16.8 Å². The Labute approximate surface area is 110 Å². The van der Waals surface area contributed by atoms with E-state index in [2.05, 4.69) is 10.3 Å². The van der Waals surface area contributed by atoms with Crippen LogP contribution in [0.5, 0.6) is 0 Å². The molecule has 4 nitrogen and oxygen atoms in total. The molecule has 1 aromatic heterocycles. The highest BCUT2D eigenvalue weighted by Gasteiger charge is 2.26. The Morgan fingerprint density at radius 3 is 2.89 bits per heavy atom. The van der Waals surface area contributed by atoms with Gasteiger partial charge in [-0.15, -0.1) is 0 Å². The fourth-order valence-corrected chi connectivity index (χ4v) is 2.53. The maximum atomic E-state index is 11.8. The number of aromatic nitrogens is 1. The van der Waals surface area contributed by atoms with Crippen LogP contribution in [0.25, 0.3) is 10.9 Å². The number of fused-ring (bicyclic) bond motifs is 1. The minimum Gasteiger partial charge on any atom is -0.296 e. The smallest absolute Gasteiger partial charge is 0.230 e. The Balaban J connectivity index is 1.89. The summed E-state index contributed by atoms with van der Waals surface area (Å²) in [6, 6.07) is 9.85. The van der Waals surface area contributed by atoms with Gasteiger partial charge in [-0.3, -0.25) is 19.9 Å². The number of rotatable bonds is 2. The van der Waals surface area contributed by atoms with Crippen LogP contribution in [0.15, 0.2) is 36.5 Å². The van der Waals surface area contributed by atoms with Gasteiger partial charge in [-0.25, -0.2) is 0 Å². The number of piperidine rings is 1. The Morgan fingerprint density at radius 2 is 2.05 bits per heavy atom. The zero-order valence-electron chi connectivity index (χ0n) is 10.4. The molecule has 0 spiro atoms. The molecule has 2 amide bonds. The van der Waals surface area contributed by atoms with Crippen molar-refractivity contribution in [1.29, 1.82) is 0 Å². The maximum Gasteiger partial charge on any atom is 0.230 e. The van der Waals surface area contributed by atoms with Gasteiger partial charge >= 0.3 is 0 Å². The normalized spacial score (nSPS) is 19.5. The van der Waals surface area contributed by atoms with E-state index in [0.717, 1.165) is 16.5 Å². The highest BCUT2D eigenvalue weighted by Crippen LogP contribution is 2.23. The van der Waals surface area contributed by atoms with Crippen molar-refractivity contribution >= 4 is 22.7 Å². The Kier molecular flexibility index (Phi) is 2.99. The lowest BCUT2D eigenvalue weighted by atomic mass is 9.90. The Bertz CT molecular complexity index is 646. The lowest BCUT2D eigenvalue weighted by Crippen LogP contribution is -2.41. The lowest BCUT2D eigenvalue weighted by Gasteiger charge is -2.21. The monoisotopic (exact) mass is 254 g/mol. The van der Waals surface area contributed by atoms with Crippen LogP contribution in [-0.2, 0) is 16.0 Å². The number of carbonyl (C=O) groups excluding carboxylic acids is 2. The third-order valence-electron chi connectivity index (χ3n) is 3.56. The van der Waals surface area contributed by atoms with Crippen molar-refractivity contribution in [1.82, 2.24) is 10.3 Å². The predicted octanol–water partition coefficient (Wildman–Crippen LogP) is 1.83. The number of nitrogens with zero attached hydrogens (tertiary/aromatic N) is 1. The van der Waals surface area contributed by atoms with E-state index in [1.54, 1.807) is 6.20 Å². The lowest BCUT2D eigenvalue weighted by molar-refractivity contribution is -0.136. The van der Waals surface area contributed by atoms with Gasteiger partial charge in [-0.1, -0.05) is 18.2 Å². The quantitative estimate of drug-likeness (QED) is 0.832. The number of hydrogen-bond acceptors (Lipinski definition) is 3. The molecule has 1 aliphatic heterocycles. The molecule has 19 heavy (non-hydrogen) atoms. The van der Waals surface area contributed by atoms with Crippen molar-refractivity contribution in [2.45, 2.75) is 19.3 Å². The van der Waals surface area contributed by atoms with Gasteiger partial charge in [0, 0.05) is 23.9 Å². The largest absolute Gasteiger partial charge is 0.296 e. The van der Waals surface area contributed by atoms with Crippen molar-refractivity contribution in [3.63, 3.8) is 0 Å². The van der Waals surface area contributed by atoms with E-state index in [-0.39, 0.29) is 17.7 Å². The molecule has 1 aromatic carbocycles. The third-order valence-corrected chi connectivity index (χ3v) is 3.56. The number of imide groups is 1. The summed E-state index contributed by atoms with van der Waals surface area (Å²) >= 11 is 0. The first kappa shape index (κ1) is 11.8. The molecule has 1 atom stereocenters. The first-order chi connectivity index (χ1) is 9.24. The van der Waals surface area contributed by atoms with Gasteiger partial charge in [0.05, 0.1) is 5.52 Å². The summed E-state index contributed by atoms with van der Waals surface area (Å²) in [5.74, 6) is -0.443. The zero-order chi connectivity index (χ0) is 13.2. The van der Waals surface area contributed by atoms with E-state index in [9.17, 15) is 9.59 Å². The minimum absolute atomic E-state index is 0.122. The molecular weight excluding hydrogens is 240 g/mol. The standard InChI is InChI=1S/C15H14N2O2/c18-14-6-5-11(15(19)17-14)9-10-7-8-16-13-4-2-1-3-12(10)13/h1-4,7-8,11H,5-6,9H2,(H,17,18,19). The van der Waals surface area contributed by atoms with Crippen LogP contribution in [0.4, 0.5) is 0 Å². The van der Waals surface area contributed by atoms with E-state index in [0.29, 0.717) is 19.3 Å². The van der Waals surface area contributed by atoms with E-state index < -0.39 is 0 Å². The molecular formula is C15H14N2O2. The Morgan fingerprint density at radius 1 is 1.21 bits per heavy atom. The molecule has 3 rings (SSSR count). The molecule has 0 aliphatic carbocycles. The SMILES string of the molecule is O=C1CCC(Cc2ccnc3ccccc23)C(=O)N1. The minimum atomic E-state index is -0.166. The summed E-state index contributed by atoms with van der Waals surface area (Å²) in [4.78, 5) is 27.3. The molecule has 1 saturated heterocycles. The number of benzene rings is 1. The molecule has 1 fully saturated rings. The van der Waals surface area contributed by atoms with Crippen molar-refractivity contribution in [2.75, 3.05) is 0 Å². The average Bonchev–Trinajstić information content (AvgIpc) is 2.42. The van der Waals surface area contributed by atoms with Crippen molar-refractivity contribution in [2.24, 2.45) is 5.92 Å². The summed E-state index contributed by atoms with van der Waals surface area (Å²) in [5, 5.41) is 3.48. The summed E-state index contributed by atoms with van der Waals surface area (Å²) in [6.45, 7) is 0. The van der Waals surface area contributed by atoms with Crippen LogP contribution in [0.1, 0.15) is 18.4 Å². The van der Waals surface area contributed by atoms with Gasteiger partial charge in [-0.2, -0.15) is 0 Å². The van der Waals surface area contributed by atoms with Crippen molar-refractivity contribution < 1.29 is 9.59 Å². The van der Waals surface area contributed by atoms with Crippen LogP contribution in [0.2, 0.25) is 0 Å². The molecule has 1 N–H and O–H groups in total. The van der Waals surface area contributed by atoms with E-state index in [1.807, 2.05) is 30.3 Å². The number of carbonyl (C=O) groups is 2. The Hall–Kier alpha value is -2.23. The number of nitrogens with one attached hydrogen (secondary N) is 1. The number of pyridine rings is 1. The zero-order valence-corrected chi connectivity index (χ0v) is 10.4. The second-order valence-corrected chi connectivity index (χ2v) is 4.84. The third kappa shape index (κ3) is 2.34. The van der Waals surface area contributed by atoms with Gasteiger partial charge < -0.3 is 0 Å². The molecule has 2 heterocycles. The molecule has 2 aromatic rings. The number of amides is 2. The van der Waals surface area contributed by atoms with Crippen LogP contribution in [0, 0.1) is 5.92 Å². The topological polar surface area (TPSA) is 59.1 Å². The molecule has 4 heteroatoms. The fraction of sp³-hybridized carbons (Fsp3) is 0.267. The van der Waals surface area contributed by atoms with E-state index in [4.69, 9.17) is 0 Å². The molecule has 1 unspecified atom stereocenters. The van der Waals surface area contributed by atoms with Crippen molar-refractivity contribution in [3.8, 4) is 0 Å². The predicted molar refractivity (Wildman–Crippen MR) is 71.3 cm³/mol. The van der Waals surface area contributed by atoms with Crippen LogP contribution < -0.4 is 5.32 Å². The molecule has 0 bridgehead atoms. The first-order valence-electron chi connectivity index (χ1n) is 6.40. The second kappa shape index (κ2) is 4.80. The molecule has 0 saturated carbocycles. The summed E-state index contributed by atoms with van der Waals surface area (Å²) < 4.78 is 0. The molecule has 0 radical (unpaired) electrons. The molecule has 96 valence electrons. The van der Waals surface area contributed by atoms with Crippen LogP contribution in [0.3, 0.4) is 0 Å². The molecule has 1 aliphatic rings. The summed E-state index contributed by atoms with van der Waals surface area (Å²) in [5.41, 5.74) is 2.05. The second-order valence-electron chi connectivity index (χ2n) is 4.84. The first-order valence-corrected chi connectivity index (χ1v) is 6.40. The van der Waals surface area contributed by atoms with Crippen molar-refractivity contribution in [3.05, 3.63) is 42.1 Å². The highest BCUT2D eigenvalue weighted by atomic mass is 16.2. The van der Waals surface area contributed by atoms with Gasteiger partial charge in [0.15, 0.2) is 0 Å². The van der Waals surface area contributed by atoms with Gasteiger partial charge in [-0.05, 0) is 30.5 Å². The maximum absolute atomic E-state index is 11.8. The number of hydrogen-bond donors (Lipinski definition) is 1. The van der Waals surface area contributed by atoms with Gasteiger partial charge in [0.1, 0.15) is 0 Å². The van der Waals surface area contributed by atoms with Crippen LogP contribution >= 0.6 is 0 Å². The van der Waals surface area contributed by atoms with E-state index in [1.165, 1.54) is 0 Å². The van der Waals surface area contributed by atoms with Gasteiger partial charge in [0.2, 0.25) is 11.8 Å². The fourth-order valence-electron chi connectivity index (χ4n) is 2.53. The summed E-state index contributed by atoms with van der Waals surface area (Å²) in [6.07, 6.45) is 3.48. The number of para-hydroxylation sites is 1. The summed E-state index contributed by atoms with van der Waals surface area (Å²) in [7, 11) is 0. The average molecular weight is 254 g/mol.